The summed E-state index contributed by atoms with van der Waals surface area (Å²) < 4.78 is 10.6. The van der Waals surface area contributed by atoms with Gasteiger partial charge >= 0.3 is 6.09 Å². The first-order chi connectivity index (χ1) is 10.5. The molecule has 1 amide bonds. The van der Waals surface area contributed by atoms with Crippen molar-refractivity contribution in [2.24, 2.45) is 0 Å². The lowest BCUT2D eigenvalue weighted by Gasteiger charge is -2.14. The fraction of sp³-hybridized carbons (Fsp3) is 0.278. The van der Waals surface area contributed by atoms with Crippen molar-refractivity contribution in [2.45, 2.75) is 26.7 Å². The van der Waals surface area contributed by atoms with Crippen molar-refractivity contribution in [3.05, 3.63) is 53.6 Å². The van der Waals surface area contributed by atoms with Crippen molar-refractivity contribution in [1.82, 2.24) is 0 Å². The molecule has 0 unspecified atom stereocenters. The van der Waals surface area contributed by atoms with Gasteiger partial charge in [0.15, 0.2) is 0 Å². The molecule has 0 aliphatic rings. The third-order valence-corrected chi connectivity index (χ3v) is 3.31. The number of hydrogen-bond acceptors (Lipinski definition) is 3. The van der Waals surface area contributed by atoms with Crippen LogP contribution in [0.2, 0.25) is 0 Å². The second-order valence-corrected chi connectivity index (χ2v) is 5.44. The molecule has 2 aromatic carbocycles. The fourth-order valence-electron chi connectivity index (χ4n) is 2.15. The second-order valence-electron chi connectivity index (χ2n) is 5.44. The van der Waals surface area contributed by atoms with Crippen LogP contribution in [0.4, 0.5) is 10.5 Å². The first-order valence-corrected chi connectivity index (χ1v) is 7.23. The zero-order valence-corrected chi connectivity index (χ0v) is 13.3. The molecule has 0 bridgehead atoms. The highest BCUT2D eigenvalue weighted by molar-refractivity contribution is 5.86. The number of carbonyl (C=O) groups is 1. The monoisotopic (exact) mass is 299 g/mol. The van der Waals surface area contributed by atoms with Crippen LogP contribution >= 0.6 is 0 Å². The van der Waals surface area contributed by atoms with Gasteiger partial charge in [-0.15, -0.1) is 0 Å². The smallest absolute Gasteiger partial charge is 0.417 e. The zero-order chi connectivity index (χ0) is 16.1. The Morgan fingerprint density at radius 3 is 2.59 bits per heavy atom. The van der Waals surface area contributed by atoms with Crippen molar-refractivity contribution in [3.63, 3.8) is 0 Å². The number of anilines is 1. The van der Waals surface area contributed by atoms with E-state index in [9.17, 15) is 4.79 Å². The molecule has 2 aromatic rings. The van der Waals surface area contributed by atoms with Crippen LogP contribution in [-0.4, -0.2) is 13.2 Å². The Hall–Kier alpha value is -2.49. The van der Waals surface area contributed by atoms with Crippen molar-refractivity contribution in [2.75, 3.05) is 12.4 Å². The molecule has 0 heterocycles. The summed E-state index contributed by atoms with van der Waals surface area (Å²) >= 11 is 0. The molecule has 1 N–H and O–H groups in total. The lowest BCUT2D eigenvalue weighted by molar-refractivity contribution is 0.214. The Morgan fingerprint density at radius 2 is 1.91 bits per heavy atom. The lowest BCUT2D eigenvalue weighted by atomic mass is 10.0. The number of rotatable bonds is 4. The van der Waals surface area contributed by atoms with E-state index in [1.807, 2.05) is 31.2 Å². The van der Waals surface area contributed by atoms with Crippen molar-refractivity contribution in [3.8, 4) is 11.5 Å². The van der Waals surface area contributed by atoms with Gasteiger partial charge in [-0.3, -0.25) is 5.32 Å². The van der Waals surface area contributed by atoms with Crippen LogP contribution in [0.25, 0.3) is 0 Å². The van der Waals surface area contributed by atoms with Crippen molar-refractivity contribution >= 4 is 11.8 Å². The predicted octanol–water partition coefficient (Wildman–Crippen LogP) is 4.74. The molecule has 4 nitrogen and oxygen atoms in total. The summed E-state index contributed by atoms with van der Waals surface area (Å²) in [7, 11) is 1.58. The first-order valence-electron chi connectivity index (χ1n) is 7.23. The van der Waals surface area contributed by atoms with Crippen LogP contribution in [0, 0.1) is 6.92 Å². The molecule has 0 atom stereocenters. The lowest BCUT2D eigenvalue weighted by Crippen LogP contribution is -2.17. The summed E-state index contributed by atoms with van der Waals surface area (Å²) in [6.07, 6.45) is -0.513. The topological polar surface area (TPSA) is 47.6 Å². The van der Waals surface area contributed by atoms with Gasteiger partial charge in [0.05, 0.1) is 7.11 Å². The molecule has 0 saturated heterocycles. The highest BCUT2D eigenvalue weighted by Gasteiger charge is 2.12. The molecule has 0 aliphatic carbocycles. The number of nitrogens with one attached hydrogen (secondary N) is 1. The minimum Gasteiger partial charge on any atom is -0.497 e. The molecule has 0 spiro atoms. The van der Waals surface area contributed by atoms with E-state index < -0.39 is 6.09 Å². The maximum atomic E-state index is 12.1. The largest absolute Gasteiger partial charge is 0.497 e. The van der Waals surface area contributed by atoms with Crippen LogP contribution < -0.4 is 14.8 Å². The van der Waals surface area contributed by atoms with Gasteiger partial charge in [-0.25, -0.2) is 4.79 Å². The van der Waals surface area contributed by atoms with Crippen molar-refractivity contribution < 1.29 is 14.3 Å². The van der Waals surface area contributed by atoms with Gasteiger partial charge in [0.25, 0.3) is 0 Å². The first kappa shape index (κ1) is 15.9. The Bertz CT molecular complexity index is 665. The van der Waals surface area contributed by atoms with E-state index >= 15 is 0 Å². The molecule has 0 fully saturated rings. The number of ether oxygens (including phenoxy) is 2. The van der Waals surface area contributed by atoms with Gasteiger partial charge in [-0.2, -0.15) is 0 Å². The van der Waals surface area contributed by atoms with Crippen LogP contribution in [-0.2, 0) is 0 Å². The molecular weight excluding hydrogens is 278 g/mol. The summed E-state index contributed by atoms with van der Waals surface area (Å²) in [5.41, 5.74) is 2.68. The minimum atomic E-state index is -0.513. The normalized spacial score (nSPS) is 10.4. The number of carbonyl (C=O) groups excluding carboxylic acids is 1. The number of benzene rings is 2. The molecule has 22 heavy (non-hydrogen) atoms. The Balaban J connectivity index is 2.13. The van der Waals surface area contributed by atoms with Gasteiger partial charge in [-0.1, -0.05) is 32.0 Å². The minimum absolute atomic E-state index is 0.278. The van der Waals surface area contributed by atoms with Gasteiger partial charge in [0, 0.05) is 11.8 Å². The summed E-state index contributed by atoms with van der Waals surface area (Å²) in [6.45, 7) is 6.10. The molecule has 0 saturated carbocycles. The predicted molar refractivity (Wildman–Crippen MR) is 87.9 cm³/mol. The molecular formula is C18H21NO3. The average Bonchev–Trinajstić information content (AvgIpc) is 2.47. The molecule has 2 rings (SSSR count). The third kappa shape index (κ3) is 4.01. The maximum absolute atomic E-state index is 12.1. The summed E-state index contributed by atoms with van der Waals surface area (Å²) in [5.74, 6) is 1.55. The molecule has 4 heteroatoms. The highest BCUT2D eigenvalue weighted by Crippen LogP contribution is 2.28. The van der Waals surface area contributed by atoms with E-state index in [-0.39, 0.29) is 5.92 Å². The Morgan fingerprint density at radius 1 is 1.14 bits per heavy atom. The molecule has 0 aliphatic heterocycles. The van der Waals surface area contributed by atoms with E-state index in [1.54, 1.807) is 25.3 Å². The van der Waals surface area contributed by atoms with Crippen LogP contribution in [0.3, 0.4) is 0 Å². The fourth-order valence-corrected chi connectivity index (χ4v) is 2.15. The quantitative estimate of drug-likeness (QED) is 0.887. The SMILES string of the molecule is COc1cccc(NC(=O)Oc2cc(C)ccc2C(C)C)c1. The van der Waals surface area contributed by atoms with Crippen LogP contribution in [0.15, 0.2) is 42.5 Å². The summed E-state index contributed by atoms with van der Waals surface area (Å²) in [5, 5.41) is 2.71. The molecule has 0 radical (unpaired) electrons. The van der Waals surface area contributed by atoms with Gasteiger partial charge in [0.1, 0.15) is 11.5 Å². The van der Waals surface area contributed by atoms with Crippen LogP contribution in [0.5, 0.6) is 11.5 Å². The third-order valence-electron chi connectivity index (χ3n) is 3.31. The van der Waals surface area contributed by atoms with E-state index in [0.717, 1.165) is 11.1 Å². The number of amides is 1. The van der Waals surface area contributed by atoms with Gasteiger partial charge in [-0.05, 0) is 42.2 Å². The highest BCUT2D eigenvalue weighted by atomic mass is 16.6. The average molecular weight is 299 g/mol. The standard InChI is InChI=1S/C18H21NO3/c1-12(2)16-9-8-13(3)10-17(16)22-18(20)19-14-6-5-7-15(11-14)21-4/h5-12H,1-4H3,(H,19,20). The Kier molecular flexibility index (Phi) is 5.04. The van der Waals surface area contributed by atoms with Gasteiger partial charge < -0.3 is 9.47 Å². The number of aryl methyl sites for hydroxylation is 1. The second kappa shape index (κ2) is 6.98. The maximum Gasteiger partial charge on any atom is 0.417 e. The number of hydrogen-bond donors (Lipinski definition) is 1. The van der Waals surface area contributed by atoms with E-state index in [2.05, 4.69) is 19.2 Å². The van der Waals surface area contributed by atoms with E-state index in [0.29, 0.717) is 17.2 Å². The van der Waals surface area contributed by atoms with E-state index in [1.165, 1.54) is 0 Å². The molecule has 0 aromatic heterocycles. The summed E-state index contributed by atoms with van der Waals surface area (Å²) in [6, 6.07) is 13.0. The Labute approximate surface area is 131 Å². The van der Waals surface area contributed by atoms with Crippen molar-refractivity contribution in [1.29, 1.82) is 0 Å². The van der Waals surface area contributed by atoms with Crippen LogP contribution in [0.1, 0.15) is 30.9 Å². The van der Waals surface area contributed by atoms with E-state index in [4.69, 9.17) is 9.47 Å². The molecule has 116 valence electrons. The number of methoxy groups -OCH3 is 1. The zero-order valence-electron chi connectivity index (χ0n) is 13.3. The summed E-state index contributed by atoms with van der Waals surface area (Å²) in [4.78, 5) is 12.1. The van der Waals surface area contributed by atoms with Gasteiger partial charge in [0.2, 0.25) is 0 Å².